The fourth-order valence-electron chi connectivity index (χ4n) is 2.89. The summed E-state index contributed by atoms with van der Waals surface area (Å²) in [5.41, 5.74) is 0. The zero-order valence-corrected chi connectivity index (χ0v) is 13.7. The average Bonchev–Trinajstić information content (AvgIpc) is 3.10. The molecule has 22 heavy (non-hydrogen) atoms. The van der Waals surface area contributed by atoms with Gasteiger partial charge in [0.1, 0.15) is 23.1 Å². The van der Waals surface area contributed by atoms with Crippen molar-refractivity contribution in [2.45, 2.75) is 25.3 Å². The van der Waals surface area contributed by atoms with Crippen LogP contribution < -0.4 is 9.47 Å². The minimum absolute atomic E-state index is 0.466. The maximum absolute atomic E-state index is 5.86. The van der Waals surface area contributed by atoms with Crippen LogP contribution in [-0.2, 0) is 0 Å². The lowest BCUT2D eigenvalue weighted by Gasteiger charge is -2.34. The number of aromatic nitrogens is 1. The molecule has 1 aliphatic rings. The third kappa shape index (κ3) is 3.78. The molecule has 1 aliphatic heterocycles. The van der Waals surface area contributed by atoms with Gasteiger partial charge in [-0.1, -0.05) is 6.42 Å². The van der Waals surface area contributed by atoms with E-state index in [0.717, 1.165) is 24.6 Å². The van der Waals surface area contributed by atoms with Gasteiger partial charge in [-0.15, -0.1) is 11.3 Å². The van der Waals surface area contributed by atoms with Gasteiger partial charge in [0.25, 0.3) is 0 Å². The Balaban J connectivity index is 1.52. The first-order chi connectivity index (χ1) is 10.9. The Morgan fingerprint density at radius 1 is 1.23 bits per heavy atom. The quantitative estimate of drug-likeness (QED) is 0.812. The summed E-state index contributed by atoms with van der Waals surface area (Å²) < 4.78 is 11.0. The Bertz CT molecular complexity index is 557. The van der Waals surface area contributed by atoms with Crippen molar-refractivity contribution in [2.75, 3.05) is 26.8 Å². The molecule has 4 nitrogen and oxygen atoms in total. The lowest BCUT2D eigenvalue weighted by atomic mass is 10.0. The van der Waals surface area contributed by atoms with E-state index in [2.05, 4.69) is 15.3 Å². The summed E-state index contributed by atoms with van der Waals surface area (Å²) >= 11 is 1.76. The van der Waals surface area contributed by atoms with Crippen molar-refractivity contribution in [3.8, 4) is 11.5 Å². The molecule has 0 aliphatic carbocycles. The molecule has 0 N–H and O–H groups in total. The first-order valence-electron chi connectivity index (χ1n) is 7.77. The van der Waals surface area contributed by atoms with Crippen molar-refractivity contribution in [1.82, 2.24) is 9.88 Å². The average molecular weight is 318 g/mol. The van der Waals surface area contributed by atoms with Crippen molar-refractivity contribution >= 4 is 11.3 Å². The topological polar surface area (TPSA) is 34.6 Å². The summed E-state index contributed by atoms with van der Waals surface area (Å²) in [5.74, 6) is 1.75. The molecule has 1 aromatic heterocycles. The molecule has 1 fully saturated rings. The van der Waals surface area contributed by atoms with Crippen molar-refractivity contribution < 1.29 is 9.47 Å². The first-order valence-corrected chi connectivity index (χ1v) is 8.65. The van der Waals surface area contributed by atoms with Gasteiger partial charge in [-0.05, 0) is 43.7 Å². The molecule has 0 bridgehead atoms. The van der Waals surface area contributed by atoms with E-state index in [1.807, 2.05) is 30.5 Å². The van der Waals surface area contributed by atoms with Crippen LogP contribution >= 0.6 is 11.3 Å². The van der Waals surface area contributed by atoms with Gasteiger partial charge >= 0.3 is 0 Å². The number of piperidine rings is 1. The molecule has 0 spiro atoms. The summed E-state index contributed by atoms with van der Waals surface area (Å²) in [5, 5.41) is 3.31. The number of likely N-dealkylation sites (tertiary alicyclic amines) is 1. The summed E-state index contributed by atoms with van der Waals surface area (Å²) in [4.78, 5) is 7.00. The first kappa shape index (κ1) is 15.3. The molecule has 5 heteroatoms. The smallest absolute Gasteiger partial charge is 0.119 e. The highest BCUT2D eigenvalue weighted by Gasteiger charge is 2.25. The monoisotopic (exact) mass is 318 g/mol. The maximum Gasteiger partial charge on any atom is 0.119 e. The summed E-state index contributed by atoms with van der Waals surface area (Å²) in [7, 11) is 1.67. The van der Waals surface area contributed by atoms with E-state index in [1.54, 1.807) is 18.4 Å². The van der Waals surface area contributed by atoms with Gasteiger partial charge < -0.3 is 9.47 Å². The fourth-order valence-corrected chi connectivity index (χ4v) is 3.70. The molecule has 0 unspecified atom stereocenters. The van der Waals surface area contributed by atoms with Crippen LogP contribution in [0, 0.1) is 0 Å². The highest BCUT2D eigenvalue weighted by molar-refractivity contribution is 7.09. The van der Waals surface area contributed by atoms with E-state index < -0.39 is 0 Å². The minimum Gasteiger partial charge on any atom is -0.497 e. The lowest BCUT2D eigenvalue weighted by Crippen LogP contribution is -2.36. The molecule has 1 aromatic carbocycles. The second-order valence-corrected chi connectivity index (χ2v) is 6.37. The van der Waals surface area contributed by atoms with E-state index in [0.29, 0.717) is 12.6 Å². The molecule has 2 heterocycles. The van der Waals surface area contributed by atoms with E-state index in [1.165, 1.54) is 24.3 Å². The molecule has 0 radical (unpaired) electrons. The van der Waals surface area contributed by atoms with Crippen LogP contribution in [0.3, 0.4) is 0 Å². The normalized spacial score (nSPS) is 19.0. The fraction of sp³-hybridized carbons (Fsp3) is 0.471. The van der Waals surface area contributed by atoms with Gasteiger partial charge in [-0.3, -0.25) is 4.90 Å². The van der Waals surface area contributed by atoms with Crippen LogP contribution in [0.2, 0.25) is 0 Å². The Morgan fingerprint density at radius 2 is 2.05 bits per heavy atom. The molecule has 1 saturated heterocycles. The summed E-state index contributed by atoms with van der Waals surface area (Å²) in [6, 6.07) is 8.22. The van der Waals surface area contributed by atoms with Crippen molar-refractivity contribution in [1.29, 1.82) is 0 Å². The van der Waals surface area contributed by atoms with Gasteiger partial charge in [-0.25, -0.2) is 4.98 Å². The molecule has 118 valence electrons. The molecule has 3 rings (SSSR count). The maximum atomic E-state index is 5.86. The number of methoxy groups -OCH3 is 1. The van der Waals surface area contributed by atoms with Crippen molar-refractivity contribution in [3.05, 3.63) is 40.8 Å². The van der Waals surface area contributed by atoms with Crippen LogP contribution in [0.5, 0.6) is 11.5 Å². The van der Waals surface area contributed by atoms with Crippen LogP contribution in [0.4, 0.5) is 0 Å². The van der Waals surface area contributed by atoms with Gasteiger partial charge in [0.05, 0.1) is 13.2 Å². The number of nitrogens with zero attached hydrogens (tertiary/aromatic N) is 2. The minimum atomic E-state index is 0.466. The SMILES string of the molecule is COc1ccc(OCCN2CCCC[C@H]2c2nccs2)cc1. The molecule has 0 amide bonds. The largest absolute Gasteiger partial charge is 0.497 e. The Kier molecular flexibility index (Phi) is 5.29. The summed E-state index contributed by atoms with van der Waals surface area (Å²) in [6.07, 6.45) is 5.67. The standard InChI is InChI=1S/C17H22N2O2S/c1-20-14-5-7-15(8-6-14)21-12-11-19-10-3-2-4-16(19)17-18-9-13-22-17/h5-9,13,16H,2-4,10-12H2,1H3/t16-/m0/s1. The van der Waals surface area contributed by atoms with E-state index in [9.17, 15) is 0 Å². The van der Waals surface area contributed by atoms with Crippen LogP contribution in [0.15, 0.2) is 35.8 Å². The second kappa shape index (κ2) is 7.61. The Hall–Kier alpha value is -1.59. The second-order valence-electron chi connectivity index (χ2n) is 5.44. The number of benzene rings is 1. The summed E-state index contributed by atoms with van der Waals surface area (Å²) in [6.45, 7) is 2.78. The molecule has 2 aromatic rings. The molecule has 1 atom stereocenters. The molecular formula is C17H22N2O2S. The number of hydrogen-bond donors (Lipinski definition) is 0. The number of rotatable bonds is 6. The van der Waals surface area contributed by atoms with Crippen molar-refractivity contribution in [3.63, 3.8) is 0 Å². The van der Waals surface area contributed by atoms with Gasteiger partial charge in [0.15, 0.2) is 0 Å². The van der Waals surface area contributed by atoms with E-state index in [-0.39, 0.29) is 0 Å². The third-order valence-corrected chi connectivity index (χ3v) is 4.93. The Labute approximate surface area is 135 Å². The highest BCUT2D eigenvalue weighted by atomic mass is 32.1. The van der Waals surface area contributed by atoms with E-state index >= 15 is 0 Å². The lowest BCUT2D eigenvalue weighted by molar-refractivity contribution is 0.123. The highest BCUT2D eigenvalue weighted by Crippen LogP contribution is 2.31. The number of ether oxygens (including phenoxy) is 2. The predicted octanol–water partition coefficient (Wildman–Crippen LogP) is 3.76. The van der Waals surface area contributed by atoms with Crippen LogP contribution in [0.25, 0.3) is 0 Å². The van der Waals surface area contributed by atoms with Crippen molar-refractivity contribution in [2.24, 2.45) is 0 Å². The number of thiazole rings is 1. The number of hydrogen-bond acceptors (Lipinski definition) is 5. The van der Waals surface area contributed by atoms with Gasteiger partial charge in [0, 0.05) is 18.1 Å². The van der Waals surface area contributed by atoms with Crippen LogP contribution in [0.1, 0.15) is 30.3 Å². The zero-order chi connectivity index (χ0) is 15.2. The molecule has 0 saturated carbocycles. The van der Waals surface area contributed by atoms with Gasteiger partial charge in [-0.2, -0.15) is 0 Å². The molecular weight excluding hydrogens is 296 g/mol. The predicted molar refractivity (Wildman–Crippen MR) is 88.8 cm³/mol. The zero-order valence-electron chi connectivity index (χ0n) is 12.9. The van der Waals surface area contributed by atoms with E-state index in [4.69, 9.17) is 9.47 Å². The van der Waals surface area contributed by atoms with Gasteiger partial charge in [0.2, 0.25) is 0 Å². The van der Waals surface area contributed by atoms with Crippen LogP contribution in [-0.4, -0.2) is 36.7 Å². The third-order valence-electron chi connectivity index (χ3n) is 4.06. The Morgan fingerprint density at radius 3 is 2.77 bits per heavy atom.